The van der Waals surface area contributed by atoms with E-state index in [2.05, 4.69) is 5.32 Å². The zero-order valence-corrected chi connectivity index (χ0v) is 26.1. The summed E-state index contributed by atoms with van der Waals surface area (Å²) in [6, 6.07) is 24.5. The SMILES string of the molecule is CNC(=O)C(Cc1ccccc1)N(Cc1ccccc1F)C(=O)CN(c1ccc(OC)c(Cl)c1)S(=O)(=O)c1ccc(C)cc1. The Morgan fingerprint density at radius 3 is 2.23 bits per heavy atom. The van der Waals surface area contributed by atoms with Gasteiger partial charge in [-0.2, -0.15) is 0 Å². The maximum Gasteiger partial charge on any atom is 0.264 e. The minimum atomic E-state index is -4.32. The molecule has 0 spiro atoms. The summed E-state index contributed by atoms with van der Waals surface area (Å²) < 4.78 is 49.2. The third-order valence-electron chi connectivity index (χ3n) is 7.13. The molecule has 8 nitrogen and oxygen atoms in total. The second-order valence-electron chi connectivity index (χ2n) is 10.1. The first-order chi connectivity index (χ1) is 21.0. The Labute approximate surface area is 262 Å². The van der Waals surface area contributed by atoms with Gasteiger partial charge in [-0.3, -0.25) is 13.9 Å². The van der Waals surface area contributed by atoms with Gasteiger partial charge >= 0.3 is 0 Å². The Bertz CT molecular complexity index is 1720. The van der Waals surface area contributed by atoms with E-state index in [4.69, 9.17) is 16.3 Å². The van der Waals surface area contributed by atoms with Gasteiger partial charge in [0.1, 0.15) is 24.2 Å². The minimum absolute atomic E-state index is 0.0457. The number of amides is 2. The molecule has 0 saturated heterocycles. The number of hydrogen-bond donors (Lipinski definition) is 1. The maximum absolute atomic E-state index is 14.9. The molecule has 4 rings (SSSR count). The van der Waals surface area contributed by atoms with E-state index in [1.54, 1.807) is 18.2 Å². The van der Waals surface area contributed by atoms with Crippen LogP contribution in [-0.2, 0) is 32.6 Å². The fourth-order valence-electron chi connectivity index (χ4n) is 4.71. The number of halogens is 2. The van der Waals surface area contributed by atoms with E-state index < -0.39 is 40.2 Å². The zero-order chi connectivity index (χ0) is 31.9. The molecule has 4 aromatic carbocycles. The third-order valence-corrected chi connectivity index (χ3v) is 9.21. The van der Waals surface area contributed by atoms with Crippen LogP contribution < -0.4 is 14.4 Å². The van der Waals surface area contributed by atoms with Crippen molar-refractivity contribution in [3.05, 3.63) is 125 Å². The molecule has 0 aromatic heterocycles. The molecule has 0 aliphatic heterocycles. The molecule has 2 amide bonds. The highest BCUT2D eigenvalue weighted by atomic mass is 35.5. The first-order valence-electron chi connectivity index (χ1n) is 13.8. The quantitative estimate of drug-likeness (QED) is 0.225. The highest BCUT2D eigenvalue weighted by Crippen LogP contribution is 2.32. The third kappa shape index (κ3) is 7.56. The lowest BCUT2D eigenvalue weighted by Gasteiger charge is -2.33. The first-order valence-corrected chi connectivity index (χ1v) is 15.6. The predicted octanol–water partition coefficient (Wildman–Crippen LogP) is 5.38. The fraction of sp³-hybridized carbons (Fsp3) is 0.212. The van der Waals surface area contributed by atoms with Crippen molar-refractivity contribution in [1.82, 2.24) is 10.2 Å². The number of anilines is 1. The lowest BCUT2D eigenvalue weighted by atomic mass is 10.0. The molecule has 11 heteroatoms. The number of ether oxygens (including phenoxy) is 1. The van der Waals surface area contributed by atoms with E-state index in [9.17, 15) is 22.4 Å². The van der Waals surface area contributed by atoms with Crippen molar-refractivity contribution in [2.24, 2.45) is 0 Å². The lowest BCUT2D eigenvalue weighted by Crippen LogP contribution is -2.53. The topological polar surface area (TPSA) is 96.0 Å². The second-order valence-corrected chi connectivity index (χ2v) is 12.3. The summed E-state index contributed by atoms with van der Waals surface area (Å²) in [5.41, 5.74) is 1.89. The summed E-state index contributed by atoms with van der Waals surface area (Å²) in [7, 11) is -1.44. The van der Waals surface area contributed by atoms with E-state index in [0.29, 0.717) is 5.75 Å². The Morgan fingerprint density at radius 2 is 1.61 bits per heavy atom. The number of likely N-dealkylation sites (N-methyl/N-ethyl adjacent to an activating group) is 1. The van der Waals surface area contributed by atoms with Crippen LogP contribution in [-0.4, -0.2) is 51.9 Å². The zero-order valence-electron chi connectivity index (χ0n) is 24.5. The van der Waals surface area contributed by atoms with Gasteiger partial charge in [0.25, 0.3) is 10.0 Å². The summed E-state index contributed by atoms with van der Waals surface area (Å²) in [4.78, 5) is 28.8. The Hall–Kier alpha value is -4.41. The van der Waals surface area contributed by atoms with Gasteiger partial charge < -0.3 is 15.0 Å². The van der Waals surface area contributed by atoms with Gasteiger partial charge in [-0.1, -0.05) is 77.8 Å². The monoisotopic (exact) mass is 637 g/mol. The van der Waals surface area contributed by atoms with Crippen LogP contribution in [0.3, 0.4) is 0 Å². The van der Waals surface area contributed by atoms with Crippen LogP contribution in [0.1, 0.15) is 16.7 Å². The summed E-state index contributed by atoms with van der Waals surface area (Å²) >= 11 is 6.38. The Morgan fingerprint density at radius 1 is 0.955 bits per heavy atom. The average molecular weight is 638 g/mol. The van der Waals surface area contributed by atoms with Gasteiger partial charge in [-0.05, 0) is 48.9 Å². The molecular formula is C33H33ClFN3O5S. The number of carbonyl (C=O) groups is 2. The molecule has 0 fully saturated rings. The Balaban J connectivity index is 1.82. The van der Waals surface area contributed by atoms with Crippen molar-refractivity contribution in [2.75, 3.05) is 25.0 Å². The number of nitrogens with one attached hydrogen (secondary N) is 1. The van der Waals surface area contributed by atoms with Crippen molar-refractivity contribution in [1.29, 1.82) is 0 Å². The molecule has 0 heterocycles. The summed E-state index contributed by atoms with van der Waals surface area (Å²) in [6.45, 7) is 0.848. The number of rotatable bonds is 12. The number of nitrogens with zero attached hydrogens (tertiary/aromatic N) is 2. The van der Waals surface area contributed by atoms with E-state index in [1.165, 1.54) is 67.6 Å². The van der Waals surface area contributed by atoms with Crippen molar-refractivity contribution in [3.8, 4) is 5.75 Å². The molecule has 0 aliphatic rings. The number of methoxy groups -OCH3 is 1. The highest BCUT2D eigenvalue weighted by molar-refractivity contribution is 7.92. The van der Waals surface area contributed by atoms with Gasteiger partial charge in [-0.25, -0.2) is 12.8 Å². The number of hydrogen-bond acceptors (Lipinski definition) is 5. The van der Waals surface area contributed by atoms with Crippen LogP contribution in [0, 0.1) is 12.7 Å². The number of carbonyl (C=O) groups excluding carboxylic acids is 2. The molecule has 230 valence electrons. The number of sulfonamides is 1. The molecule has 4 aromatic rings. The molecule has 44 heavy (non-hydrogen) atoms. The van der Waals surface area contributed by atoms with Crippen LogP contribution in [0.4, 0.5) is 10.1 Å². The van der Waals surface area contributed by atoms with Crippen LogP contribution >= 0.6 is 11.6 Å². The van der Waals surface area contributed by atoms with Gasteiger partial charge in [0, 0.05) is 25.6 Å². The summed E-state index contributed by atoms with van der Waals surface area (Å²) in [5.74, 6) is -1.45. The van der Waals surface area contributed by atoms with Gasteiger partial charge in [-0.15, -0.1) is 0 Å². The smallest absolute Gasteiger partial charge is 0.264 e. The van der Waals surface area contributed by atoms with Crippen molar-refractivity contribution < 1.29 is 27.1 Å². The minimum Gasteiger partial charge on any atom is -0.495 e. The van der Waals surface area contributed by atoms with Crippen LogP contribution in [0.2, 0.25) is 5.02 Å². The largest absolute Gasteiger partial charge is 0.495 e. The molecule has 0 saturated carbocycles. The normalized spacial score (nSPS) is 11.8. The molecule has 0 radical (unpaired) electrons. The van der Waals surface area contributed by atoms with Crippen LogP contribution in [0.5, 0.6) is 5.75 Å². The molecular weight excluding hydrogens is 605 g/mol. The maximum atomic E-state index is 14.9. The van der Waals surface area contributed by atoms with Crippen LogP contribution in [0.15, 0.2) is 102 Å². The van der Waals surface area contributed by atoms with E-state index in [-0.39, 0.29) is 34.1 Å². The molecule has 0 aliphatic carbocycles. The van der Waals surface area contributed by atoms with E-state index in [0.717, 1.165) is 15.4 Å². The molecule has 1 unspecified atom stereocenters. The van der Waals surface area contributed by atoms with E-state index in [1.807, 2.05) is 37.3 Å². The second kappa shape index (κ2) is 14.4. The van der Waals surface area contributed by atoms with Gasteiger partial charge in [0.05, 0.1) is 22.7 Å². The molecule has 1 N–H and O–H groups in total. The van der Waals surface area contributed by atoms with Gasteiger partial charge in [0.15, 0.2) is 0 Å². The standard InChI is InChI=1S/C33H33ClFN3O5S/c1-23-13-16-27(17-14-23)44(41,42)38(26-15-18-31(43-3)28(34)20-26)22-32(39)37(21-25-11-7-8-12-29(25)35)30(33(40)36-2)19-24-9-5-4-6-10-24/h4-18,20,30H,19,21-22H2,1-3H3,(H,36,40). The average Bonchev–Trinajstić information content (AvgIpc) is 3.02. The van der Waals surface area contributed by atoms with E-state index >= 15 is 0 Å². The fourth-order valence-corrected chi connectivity index (χ4v) is 6.37. The first kappa shape index (κ1) is 32.5. The number of benzene rings is 4. The van der Waals surface area contributed by atoms with Crippen LogP contribution in [0.25, 0.3) is 0 Å². The van der Waals surface area contributed by atoms with Crippen molar-refractivity contribution in [2.45, 2.75) is 30.8 Å². The summed E-state index contributed by atoms with van der Waals surface area (Å²) in [6.07, 6.45) is 0.111. The van der Waals surface area contributed by atoms with Crippen molar-refractivity contribution in [3.63, 3.8) is 0 Å². The predicted molar refractivity (Wildman–Crippen MR) is 169 cm³/mol. The Kier molecular flexibility index (Phi) is 10.6. The highest BCUT2D eigenvalue weighted by Gasteiger charge is 2.35. The number of aryl methyl sites for hydroxylation is 1. The molecule has 1 atom stereocenters. The van der Waals surface area contributed by atoms with Gasteiger partial charge in [0.2, 0.25) is 11.8 Å². The summed E-state index contributed by atoms with van der Waals surface area (Å²) in [5, 5.41) is 2.73. The molecule has 0 bridgehead atoms. The lowest BCUT2D eigenvalue weighted by molar-refractivity contribution is -0.139. The van der Waals surface area contributed by atoms with Crippen molar-refractivity contribution >= 4 is 39.1 Å².